The van der Waals surface area contributed by atoms with Crippen molar-refractivity contribution in [2.24, 2.45) is 9.98 Å². The second kappa shape index (κ2) is 6.76. The zero-order valence-electron chi connectivity index (χ0n) is 13.4. The van der Waals surface area contributed by atoms with E-state index in [1.807, 2.05) is 0 Å². The summed E-state index contributed by atoms with van der Waals surface area (Å²) in [5.41, 5.74) is 2.15. The average molecular weight is 293 g/mol. The van der Waals surface area contributed by atoms with Crippen molar-refractivity contribution in [2.75, 3.05) is 19.0 Å². The van der Waals surface area contributed by atoms with Gasteiger partial charge in [0.1, 0.15) is 0 Å². The second-order valence-electron chi connectivity index (χ2n) is 6.18. The quantitative estimate of drug-likeness (QED) is 0.728. The maximum Gasteiger partial charge on any atom is 0.0952 e. The number of aliphatic imine (C=N–C) groups is 2. The van der Waals surface area contributed by atoms with Gasteiger partial charge in [-0.25, -0.2) is 4.99 Å². The average Bonchev–Trinajstić information content (AvgIpc) is 2.55. The number of benzene rings is 2. The van der Waals surface area contributed by atoms with Crippen LogP contribution >= 0.6 is 0 Å². The molecule has 0 heterocycles. The van der Waals surface area contributed by atoms with E-state index in [1.165, 1.54) is 43.2 Å². The standard InChI is InChI=1S/C19H23N3/c1-22(2)19-13-12-18(16-10-6-7-11-17(16)19)21-14-20-15-8-4-3-5-9-15/h6-7,10-13,15H,3-5,8-9H2,1-2H3. The van der Waals surface area contributed by atoms with Crippen molar-refractivity contribution >= 4 is 28.2 Å². The van der Waals surface area contributed by atoms with Crippen LogP contribution in [0, 0.1) is 0 Å². The SMILES string of the molecule is CN(C)c1ccc(N=C=NC2CCCCC2)c2ccccc12. The summed E-state index contributed by atoms with van der Waals surface area (Å²) in [5.74, 6) is 0. The lowest BCUT2D eigenvalue weighted by Gasteiger charge is -2.16. The third-order valence-corrected chi connectivity index (χ3v) is 4.35. The van der Waals surface area contributed by atoms with Gasteiger partial charge in [-0.1, -0.05) is 43.5 Å². The molecule has 0 amide bonds. The van der Waals surface area contributed by atoms with E-state index in [2.05, 4.69) is 71.4 Å². The summed E-state index contributed by atoms with van der Waals surface area (Å²) in [6.45, 7) is 0. The maximum absolute atomic E-state index is 4.52. The van der Waals surface area contributed by atoms with Crippen LogP contribution in [0.25, 0.3) is 10.8 Å². The monoisotopic (exact) mass is 293 g/mol. The Hall–Kier alpha value is -2.12. The zero-order valence-corrected chi connectivity index (χ0v) is 13.4. The van der Waals surface area contributed by atoms with Crippen molar-refractivity contribution in [3.63, 3.8) is 0 Å². The van der Waals surface area contributed by atoms with E-state index < -0.39 is 0 Å². The molecular weight excluding hydrogens is 270 g/mol. The van der Waals surface area contributed by atoms with E-state index in [4.69, 9.17) is 0 Å². The Bertz CT molecular complexity index is 706. The number of hydrogen-bond acceptors (Lipinski definition) is 3. The summed E-state index contributed by atoms with van der Waals surface area (Å²) in [5, 5.41) is 2.37. The lowest BCUT2D eigenvalue weighted by atomic mass is 9.96. The van der Waals surface area contributed by atoms with Gasteiger partial charge in [-0.3, -0.25) is 0 Å². The van der Waals surface area contributed by atoms with Gasteiger partial charge in [0.2, 0.25) is 0 Å². The largest absolute Gasteiger partial charge is 0.377 e. The Morgan fingerprint density at radius 1 is 0.955 bits per heavy atom. The lowest BCUT2D eigenvalue weighted by Crippen LogP contribution is -2.09. The highest BCUT2D eigenvalue weighted by molar-refractivity contribution is 6.01. The van der Waals surface area contributed by atoms with Crippen molar-refractivity contribution in [1.82, 2.24) is 0 Å². The maximum atomic E-state index is 4.52. The van der Waals surface area contributed by atoms with Gasteiger partial charge in [-0.2, -0.15) is 4.99 Å². The fourth-order valence-corrected chi connectivity index (χ4v) is 3.13. The molecule has 2 aromatic rings. The van der Waals surface area contributed by atoms with Gasteiger partial charge in [-0.15, -0.1) is 0 Å². The molecule has 1 fully saturated rings. The molecule has 0 N–H and O–H groups in total. The Balaban J connectivity index is 1.94. The first kappa shape index (κ1) is 14.8. The number of fused-ring (bicyclic) bond motifs is 1. The Labute approximate surface area is 132 Å². The Morgan fingerprint density at radius 3 is 2.41 bits per heavy atom. The van der Waals surface area contributed by atoms with Crippen LogP contribution in [0.1, 0.15) is 32.1 Å². The molecule has 1 saturated carbocycles. The summed E-state index contributed by atoms with van der Waals surface area (Å²) < 4.78 is 0. The Morgan fingerprint density at radius 2 is 1.68 bits per heavy atom. The normalized spacial score (nSPS) is 15.4. The van der Waals surface area contributed by atoms with E-state index in [1.54, 1.807) is 0 Å². The van der Waals surface area contributed by atoms with Crippen LogP contribution in [0.15, 0.2) is 46.4 Å². The molecule has 0 bridgehead atoms. The molecule has 2 aromatic carbocycles. The van der Waals surface area contributed by atoms with Crippen LogP contribution in [0.5, 0.6) is 0 Å². The molecule has 1 aliphatic rings. The summed E-state index contributed by atoms with van der Waals surface area (Å²) in [4.78, 5) is 11.1. The molecule has 3 rings (SSSR count). The van der Waals surface area contributed by atoms with Gasteiger partial charge in [0.05, 0.1) is 17.7 Å². The van der Waals surface area contributed by atoms with Crippen LogP contribution in [0.3, 0.4) is 0 Å². The zero-order chi connectivity index (χ0) is 15.4. The summed E-state index contributed by atoms with van der Waals surface area (Å²) >= 11 is 0. The molecule has 3 heteroatoms. The predicted octanol–water partition coefficient (Wildman–Crippen LogP) is 5.04. The fraction of sp³-hybridized carbons (Fsp3) is 0.421. The molecule has 0 spiro atoms. The van der Waals surface area contributed by atoms with Gasteiger partial charge in [-0.05, 0) is 25.0 Å². The first-order valence-corrected chi connectivity index (χ1v) is 8.10. The number of anilines is 1. The lowest BCUT2D eigenvalue weighted by molar-refractivity contribution is 0.444. The molecule has 0 unspecified atom stereocenters. The molecule has 1 aliphatic carbocycles. The summed E-state index contributed by atoms with van der Waals surface area (Å²) in [6.07, 6.45) is 6.29. The van der Waals surface area contributed by atoms with Crippen LogP contribution in [0.4, 0.5) is 11.4 Å². The molecule has 0 aromatic heterocycles. The van der Waals surface area contributed by atoms with Gasteiger partial charge in [0.25, 0.3) is 0 Å². The van der Waals surface area contributed by atoms with Crippen molar-refractivity contribution in [2.45, 2.75) is 38.1 Å². The molecular formula is C19H23N3. The van der Waals surface area contributed by atoms with Crippen LogP contribution in [0.2, 0.25) is 0 Å². The van der Waals surface area contributed by atoms with E-state index in [0.717, 1.165) is 11.1 Å². The first-order chi connectivity index (χ1) is 10.8. The summed E-state index contributed by atoms with van der Waals surface area (Å²) in [7, 11) is 4.13. The van der Waals surface area contributed by atoms with Crippen LogP contribution in [-0.2, 0) is 0 Å². The van der Waals surface area contributed by atoms with Crippen molar-refractivity contribution in [3.8, 4) is 0 Å². The van der Waals surface area contributed by atoms with Crippen LogP contribution < -0.4 is 4.90 Å². The number of hydrogen-bond donors (Lipinski definition) is 0. The highest BCUT2D eigenvalue weighted by atomic mass is 15.1. The third-order valence-electron chi connectivity index (χ3n) is 4.35. The second-order valence-corrected chi connectivity index (χ2v) is 6.18. The third kappa shape index (κ3) is 3.20. The summed E-state index contributed by atoms with van der Waals surface area (Å²) in [6, 6.07) is 15.9. The van der Waals surface area contributed by atoms with Gasteiger partial charge in [0, 0.05) is 30.6 Å². The fourth-order valence-electron chi connectivity index (χ4n) is 3.13. The molecule has 0 aliphatic heterocycles. The minimum absolute atomic E-state index is 0.421. The van der Waals surface area contributed by atoms with Crippen molar-refractivity contribution < 1.29 is 0 Å². The Kier molecular flexibility index (Phi) is 4.55. The molecule has 0 saturated heterocycles. The smallest absolute Gasteiger partial charge is 0.0952 e. The van der Waals surface area contributed by atoms with E-state index >= 15 is 0 Å². The minimum atomic E-state index is 0.421. The molecule has 0 radical (unpaired) electrons. The van der Waals surface area contributed by atoms with Gasteiger partial charge in [0.15, 0.2) is 0 Å². The van der Waals surface area contributed by atoms with Crippen molar-refractivity contribution in [3.05, 3.63) is 36.4 Å². The topological polar surface area (TPSA) is 28.0 Å². The van der Waals surface area contributed by atoms with Gasteiger partial charge < -0.3 is 4.90 Å². The van der Waals surface area contributed by atoms with E-state index in [-0.39, 0.29) is 0 Å². The molecule has 0 atom stereocenters. The predicted molar refractivity (Wildman–Crippen MR) is 94.7 cm³/mol. The molecule has 22 heavy (non-hydrogen) atoms. The van der Waals surface area contributed by atoms with Gasteiger partial charge >= 0.3 is 0 Å². The minimum Gasteiger partial charge on any atom is -0.377 e. The van der Waals surface area contributed by atoms with E-state index in [9.17, 15) is 0 Å². The molecule has 114 valence electrons. The van der Waals surface area contributed by atoms with Crippen LogP contribution in [-0.4, -0.2) is 26.1 Å². The first-order valence-electron chi connectivity index (χ1n) is 8.10. The van der Waals surface area contributed by atoms with Crippen molar-refractivity contribution in [1.29, 1.82) is 0 Å². The number of nitrogens with zero attached hydrogens (tertiary/aromatic N) is 3. The van der Waals surface area contributed by atoms with E-state index in [0.29, 0.717) is 6.04 Å². The number of rotatable bonds is 3. The highest BCUT2D eigenvalue weighted by Gasteiger charge is 2.11. The highest BCUT2D eigenvalue weighted by Crippen LogP contribution is 2.32. The molecule has 3 nitrogen and oxygen atoms in total.